The number of nitrogens with one attached hydrogen (secondary N) is 1. The second-order valence-corrected chi connectivity index (χ2v) is 5.98. The van der Waals surface area contributed by atoms with Crippen LogP contribution in [0.2, 0.25) is 0 Å². The van der Waals surface area contributed by atoms with Gasteiger partial charge in [0.15, 0.2) is 0 Å². The molecule has 1 N–H and O–H groups in total. The van der Waals surface area contributed by atoms with Crippen molar-refractivity contribution in [3.63, 3.8) is 0 Å². The fourth-order valence-electron chi connectivity index (χ4n) is 2.02. The van der Waals surface area contributed by atoms with E-state index in [1.54, 1.807) is 6.07 Å². The smallest absolute Gasteiger partial charge is 0.229 e. The van der Waals surface area contributed by atoms with Gasteiger partial charge in [0, 0.05) is 19.2 Å². The van der Waals surface area contributed by atoms with Crippen LogP contribution in [0, 0.1) is 5.82 Å². The quantitative estimate of drug-likeness (QED) is 0.899. The maximum Gasteiger partial charge on any atom is 0.229 e. The van der Waals surface area contributed by atoms with Crippen LogP contribution in [0.5, 0.6) is 0 Å². The van der Waals surface area contributed by atoms with Crippen molar-refractivity contribution in [1.82, 2.24) is 0 Å². The molecule has 1 aliphatic rings. The third-order valence-corrected chi connectivity index (χ3v) is 3.29. The molecule has 0 atom stereocenters. The van der Waals surface area contributed by atoms with Crippen molar-refractivity contribution in [3.8, 4) is 0 Å². The Morgan fingerprint density at radius 2 is 1.94 bits per heavy atom. The van der Waals surface area contributed by atoms with Gasteiger partial charge in [-0.3, -0.25) is 4.72 Å². The SMILES string of the molecule is CS(=O)(=O)Nc1cc(F)ccc1N1CCCC1. The van der Waals surface area contributed by atoms with Gasteiger partial charge in [-0.1, -0.05) is 0 Å². The van der Waals surface area contributed by atoms with Crippen LogP contribution in [0.3, 0.4) is 0 Å². The number of hydrogen-bond donors (Lipinski definition) is 1. The Bertz CT molecular complexity index is 510. The van der Waals surface area contributed by atoms with E-state index in [0.29, 0.717) is 5.69 Å². The Hall–Kier alpha value is -1.30. The molecule has 1 aromatic rings. The van der Waals surface area contributed by atoms with E-state index in [-0.39, 0.29) is 0 Å². The molecule has 0 amide bonds. The van der Waals surface area contributed by atoms with Crippen molar-refractivity contribution >= 4 is 21.4 Å². The van der Waals surface area contributed by atoms with E-state index in [1.807, 2.05) is 0 Å². The number of rotatable bonds is 3. The van der Waals surface area contributed by atoms with Gasteiger partial charge in [-0.2, -0.15) is 0 Å². The van der Waals surface area contributed by atoms with Crippen LogP contribution < -0.4 is 9.62 Å². The summed E-state index contributed by atoms with van der Waals surface area (Å²) in [5, 5.41) is 0. The van der Waals surface area contributed by atoms with Gasteiger partial charge in [-0.15, -0.1) is 0 Å². The van der Waals surface area contributed by atoms with Crippen LogP contribution in [0.25, 0.3) is 0 Å². The topological polar surface area (TPSA) is 49.4 Å². The van der Waals surface area contributed by atoms with Gasteiger partial charge in [0.1, 0.15) is 5.82 Å². The van der Waals surface area contributed by atoms with Crippen molar-refractivity contribution in [1.29, 1.82) is 0 Å². The van der Waals surface area contributed by atoms with Gasteiger partial charge in [0.2, 0.25) is 10.0 Å². The van der Waals surface area contributed by atoms with E-state index in [0.717, 1.165) is 37.9 Å². The van der Waals surface area contributed by atoms with Crippen molar-refractivity contribution in [2.24, 2.45) is 0 Å². The van der Waals surface area contributed by atoms with E-state index >= 15 is 0 Å². The molecule has 1 fully saturated rings. The third kappa shape index (κ3) is 3.09. The molecule has 1 aromatic carbocycles. The summed E-state index contributed by atoms with van der Waals surface area (Å²) in [6, 6.07) is 4.18. The van der Waals surface area contributed by atoms with Crippen LogP contribution in [0.15, 0.2) is 18.2 Å². The molecule has 0 aromatic heterocycles. The first-order chi connectivity index (χ1) is 7.96. The van der Waals surface area contributed by atoms with Gasteiger partial charge >= 0.3 is 0 Å². The van der Waals surface area contributed by atoms with Gasteiger partial charge in [0.05, 0.1) is 17.6 Å². The molecule has 6 heteroatoms. The zero-order valence-electron chi connectivity index (χ0n) is 9.61. The molecular weight excluding hydrogens is 243 g/mol. The Balaban J connectivity index is 2.36. The molecule has 4 nitrogen and oxygen atoms in total. The van der Waals surface area contributed by atoms with Crippen LogP contribution in [-0.2, 0) is 10.0 Å². The molecule has 0 bridgehead atoms. The van der Waals surface area contributed by atoms with E-state index in [9.17, 15) is 12.8 Å². The predicted molar refractivity (Wildman–Crippen MR) is 66.3 cm³/mol. The monoisotopic (exact) mass is 258 g/mol. The Labute approximate surface area is 100 Å². The fourth-order valence-corrected chi connectivity index (χ4v) is 2.59. The summed E-state index contributed by atoms with van der Waals surface area (Å²) in [5.74, 6) is -0.445. The summed E-state index contributed by atoms with van der Waals surface area (Å²) in [6.07, 6.45) is 3.22. The highest BCUT2D eigenvalue weighted by atomic mass is 32.2. The van der Waals surface area contributed by atoms with Crippen molar-refractivity contribution in [2.45, 2.75) is 12.8 Å². The molecule has 0 aliphatic carbocycles. The van der Waals surface area contributed by atoms with E-state index in [1.165, 1.54) is 12.1 Å². The molecule has 2 rings (SSSR count). The first kappa shape index (κ1) is 12.2. The number of sulfonamides is 1. The Kier molecular flexibility index (Phi) is 3.24. The number of benzene rings is 1. The average molecular weight is 258 g/mol. The number of halogens is 1. The van der Waals surface area contributed by atoms with Crippen LogP contribution in [0.1, 0.15) is 12.8 Å². The standard InChI is InChI=1S/C11H15FN2O2S/c1-17(15,16)13-10-8-9(12)4-5-11(10)14-6-2-3-7-14/h4-5,8,13H,2-3,6-7H2,1H3. The molecule has 17 heavy (non-hydrogen) atoms. The number of nitrogens with zero attached hydrogens (tertiary/aromatic N) is 1. The summed E-state index contributed by atoms with van der Waals surface area (Å²) in [7, 11) is -3.39. The predicted octanol–water partition coefficient (Wildman–Crippen LogP) is 1.80. The fraction of sp³-hybridized carbons (Fsp3) is 0.455. The summed E-state index contributed by atoms with van der Waals surface area (Å²) >= 11 is 0. The molecule has 0 radical (unpaired) electrons. The van der Waals surface area contributed by atoms with Crippen molar-refractivity contribution in [2.75, 3.05) is 29.0 Å². The summed E-state index contributed by atoms with van der Waals surface area (Å²) in [6.45, 7) is 1.76. The normalized spacial score (nSPS) is 16.2. The minimum Gasteiger partial charge on any atom is -0.370 e. The zero-order chi connectivity index (χ0) is 12.5. The first-order valence-electron chi connectivity index (χ1n) is 5.48. The third-order valence-electron chi connectivity index (χ3n) is 2.70. The lowest BCUT2D eigenvalue weighted by molar-refractivity contribution is 0.606. The van der Waals surface area contributed by atoms with Crippen LogP contribution in [0.4, 0.5) is 15.8 Å². The lowest BCUT2D eigenvalue weighted by atomic mass is 10.2. The van der Waals surface area contributed by atoms with Gasteiger partial charge in [-0.25, -0.2) is 12.8 Å². The highest BCUT2D eigenvalue weighted by Crippen LogP contribution is 2.30. The van der Waals surface area contributed by atoms with E-state index in [4.69, 9.17) is 0 Å². The molecule has 0 saturated carbocycles. The highest BCUT2D eigenvalue weighted by molar-refractivity contribution is 7.92. The lowest BCUT2D eigenvalue weighted by Gasteiger charge is -2.21. The van der Waals surface area contributed by atoms with Crippen LogP contribution >= 0.6 is 0 Å². The molecular formula is C11H15FN2O2S. The van der Waals surface area contributed by atoms with Crippen molar-refractivity contribution < 1.29 is 12.8 Å². The second-order valence-electron chi connectivity index (χ2n) is 4.23. The summed E-state index contributed by atoms with van der Waals surface area (Å²) < 4.78 is 38.0. The maximum absolute atomic E-state index is 13.2. The number of anilines is 2. The highest BCUT2D eigenvalue weighted by Gasteiger charge is 2.17. The van der Waals surface area contributed by atoms with Crippen molar-refractivity contribution in [3.05, 3.63) is 24.0 Å². The Morgan fingerprint density at radius 3 is 2.53 bits per heavy atom. The lowest BCUT2D eigenvalue weighted by Crippen LogP contribution is -2.20. The average Bonchev–Trinajstić information content (AvgIpc) is 2.68. The molecule has 0 spiro atoms. The maximum atomic E-state index is 13.2. The molecule has 1 aliphatic heterocycles. The minimum atomic E-state index is -3.39. The second kappa shape index (κ2) is 4.52. The summed E-state index contributed by atoms with van der Waals surface area (Å²) in [4.78, 5) is 2.06. The van der Waals surface area contributed by atoms with Crippen LogP contribution in [-0.4, -0.2) is 27.8 Å². The molecule has 0 unspecified atom stereocenters. The van der Waals surface area contributed by atoms with E-state index in [2.05, 4.69) is 9.62 Å². The zero-order valence-corrected chi connectivity index (χ0v) is 10.4. The first-order valence-corrected chi connectivity index (χ1v) is 7.37. The van der Waals surface area contributed by atoms with Gasteiger partial charge in [-0.05, 0) is 25.0 Å². The molecule has 1 heterocycles. The molecule has 1 saturated heterocycles. The minimum absolute atomic E-state index is 0.314. The molecule has 94 valence electrons. The Morgan fingerprint density at radius 1 is 1.29 bits per heavy atom. The number of hydrogen-bond acceptors (Lipinski definition) is 3. The van der Waals surface area contributed by atoms with Gasteiger partial charge in [0.25, 0.3) is 0 Å². The summed E-state index contributed by atoms with van der Waals surface area (Å²) in [5.41, 5.74) is 1.06. The largest absolute Gasteiger partial charge is 0.370 e. The van der Waals surface area contributed by atoms with Gasteiger partial charge < -0.3 is 4.90 Å². The van der Waals surface area contributed by atoms with E-state index < -0.39 is 15.8 Å².